The SMILES string of the molecule is Fc1ccc(-[s+]2c3ccccc3c3c(I)c(I)ccc32)cc1. The zero-order valence-corrected chi connectivity index (χ0v) is 16.4. The van der Waals surface area contributed by atoms with E-state index in [1.807, 2.05) is 12.1 Å². The van der Waals surface area contributed by atoms with E-state index in [9.17, 15) is 4.39 Å². The first-order chi connectivity index (χ1) is 10.7. The van der Waals surface area contributed by atoms with Crippen LogP contribution in [-0.2, 0) is 0 Å². The number of hydrogen-bond acceptors (Lipinski definition) is 0. The zero-order chi connectivity index (χ0) is 15.3. The monoisotopic (exact) mass is 531 g/mol. The first-order valence-corrected chi connectivity index (χ1v) is 10.1. The van der Waals surface area contributed by atoms with Gasteiger partial charge in [-0.05, 0) is 75.5 Å². The zero-order valence-electron chi connectivity index (χ0n) is 11.3. The van der Waals surface area contributed by atoms with Gasteiger partial charge in [0.05, 0.1) is 5.39 Å². The molecule has 0 aliphatic rings. The molecule has 0 saturated heterocycles. The lowest BCUT2D eigenvalue weighted by molar-refractivity contribution is 0.628. The summed E-state index contributed by atoms with van der Waals surface area (Å²) in [6.07, 6.45) is 0. The second-order valence-electron chi connectivity index (χ2n) is 4.99. The predicted molar refractivity (Wildman–Crippen MR) is 111 cm³/mol. The molecule has 108 valence electrons. The molecule has 0 amide bonds. The van der Waals surface area contributed by atoms with Gasteiger partial charge in [-0.25, -0.2) is 4.39 Å². The van der Waals surface area contributed by atoms with Crippen molar-refractivity contribution in [3.63, 3.8) is 0 Å². The molecule has 4 aromatic rings. The van der Waals surface area contributed by atoms with Crippen LogP contribution in [0.15, 0.2) is 60.7 Å². The van der Waals surface area contributed by atoms with Crippen LogP contribution in [0, 0.1) is 13.0 Å². The Hall–Kier alpha value is -0.730. The van der Waals surface area contributed by atoms with Gasteiger partial charge >= 0.3 is 0 Å². The Morgan fingerprint density at radius 3 is 2.27 bits per heavy atom. The van der Waals surface area contributed by atoms with E-state index in [1.165, 1.54) is 32.2 Å². The molecule has 0 aliphatic carbocycles. The summed E-state index contributed by atoms with van der Waals surface area (Å²) in [5.41, 5.74) is 0. The Balaban J connectivity index is 2.21. The summed E-state index contributed by atoms with van der Waals surface area (Å²) in [6, 6.07) is 19.9. The maximum Gasteiger partial charge on any atom is 0.188 e. The van der Waals surface area contributed by atoms with Crippen molar-refractivity contribution in [3.8, 4) is 4.90 Å². The molecule has 1 aromatic heterocycles. The molecule has 3 aromatic carbocycles. The van der Waals surface area contributed by atoms with Gasteiger partial charge in [0.25, 0.3) is 0 Å². The molecular weight excluding hydrogens is 521 g/mol. The Kier molecular flexibility index (Phi) is 3.86. The fourth-order valence-electron chi connectivity index (χ4n) is 2.75. The van der Waals surface area contributed by atoms with Crippen LogP contribution in [0.4, 0.5) is 4.39 Å². The van der Waals surface area contributed by atoms with Crippen LogP contribution in [0.1, 0.15) is 0 Å². The molecule has 0 N–H and O–H groups in total. The van der Waals surface area contributed by atoms with Crippen molar-refractivity contribution in [2.75, 3.05) is 0 Å². The van der Waals surface area contributed by atoms with Gasteiger partial charge in [0.15, 0.2) is 14.3 Å². The average molecular weight is 531 g/mol. The van der Waals surface area contributed by atoms with E-state index < -0.39 is 0 Å². The molecular formula is C18H10FI2S+. The highest BCUT2D eigenvalue weighted by Crippen LogP contribution is 2.49. The summed E-state index contributed by atoms with van der Waals surface area (Å²) in [6.45, 7) is 0. The smallest absolute Gasteiger partial charge is 0.188 e. The van der Waals surface area contributed by atoms with E-state index in [0.717, 1.165) is 0 Å². The third-order valence-corrected chi connectivity index (χ3v) is 9.07. The van der Waals surface area contributed by atoms with Crippen molar-refractivity contribution in [2.24, 2.45) is 0 Å². The van der Waals surface area contributed by atoms with Gasteiger partial charge in [-0.3, -0.25) is 0 Å². The topological polar surface area (TPSA) is 0 Å². The summed E-state index contributed by atoms with van der Waals surface area (Å²) in [7, 11) is -0.142. The molecule has 22 heavy (non-hydrogen) atoms. The summed E-state index contributed by atoms with van der Waals surface area (Å²) >= 11 is 4.83. The van der Waals surface area contributed by atoms with Gasteiger partial charge in [-0.2, -0.15) is 0 Å². The van der Waals surface area contributed by atoms with Crippen molar-refractivity contribution in [1.82, 2.24) is 0 Å². The molecule has 4 heteroatoms. The molecule has 0 bridgehead atoms. The van der Waals surface area contributed by atoms with Crippen LogP contribution in [0.2, 0.25) is 0 Å². The van der Waals surface area contributed by atoms with Crippen molar-refractivity contribution >= 4 is 75.8 Å². The van der Waals surface area contributed by atoms with E-state index in [4.69, 9.17) is 0 Å². The molecule has 0 aliphatic heterocycles. The molecule has 0 radical (unpaired) electrons. The number of thiophene rings is 1. The predicted octanol–water partition coefficient (Wildman–Crippen LogP) is 7.08. The number of benzene rings is 3. The Morgan fingerprint density at radius 1 is 0.773 bits per heavy atom. The van der Waals surface area contributed by atoms with Gasteiger partial charge in [-0.15, -0.1) is 0 Å². The second-order valence-corrected chi connectivity index (χ2v) is 9.20. The van der Waals surface area contributed by atoms with E-state index in [-0.39, 0.29) is 16.3 Å². The largest absolute Gasteiger partial charge is 0.207 e. The summed E-state index contributed by atoms with van der Waals surface area (Å²) in [5, 5.41) is 2.66. The van der Waals surface area contributed by atoms with Gasteiger partial charge in [-0.1, -0.05) is 12.1 Å². The highest BCUT2D eigenvalue weighted by atomic mass is 127. The van der Waals surface area contributed by atoms with Crippen LogP contribution in [0.3, 0.4) is 0 Å². The molecule has 4 rings (SSSR count). The molecule has 0 nitrogen and oxygen atoms in total. The third-order valence-electron chi connectivity index (χ3n) is 3.70. The molecule has 0 spiro atoms. The lowest BCUT2D eigenvalue weighted by Gasteiger charge is -1.96. The van der Waals surface area contributed by atoms with E-state index in [0.29, 0.717) is 0 Å². The lowest BCUT2D eigenvalue weighted by Crippen LogP contribution is -1.79. The van der Waals surface area contributed by atoms with Crippen LogP contribution >= 0.6 is 55.7 Å². The maximum absolute atomic E-state index is 13.3. The van der Waals surface area contributed by atoms with Crippen LogP contribution in [-0.4, -0.2) is 0 Å². The summed E-state index contributed by atoms with van der Waals surface area (Å²) in [5.74, 6) is -0.183. The van der Waals surface area contributed by atoms with Gasteiger partial charge in [0.2, 0.25) is 0 Å². The first-order valence-electron chi connectivity index (χ1n) is 6.74. The van der Waals surface area contributed by atoms with Gasteiger partial charge < -0.3 is 0 Å². The van der Waals surface area contributed by atoms with Crippen molar-refractivity contribution in [2.45, 2.75) is 0 Å². The van der Waals surface area contributed by atoms with Crippen LogP contribution in [0.25, 0.3) is 25.1 Å². The molecule has 1 unspecified atom stereocenters. The molecule has 1 heterocycles. The van der Waals surface area contributed by atoms with Crippen LogP contribution < -0.4 is 0 Å². The Morgan fingerprint density at radius 2 is 1.50 bits per heavy atom. The highest BCUT2D eigenvalue weighted by molar-refractivity contribution is 14.1. The quantitative estimate of drug-likeness (QED) is 0.182. The van der Waals surface area contributed by atoms with Crippen molar-refractivity contribution < 1.29 is 4.39 Å². The molecule has 0 saturated carbocycles. The summed E-state index contributed by atoms with van der Waals surface area (Å²) in [4.78, 5) is 1.17. The normalized spacial score (nSPS) is 12.2. The number of halogens is 3. The van der Waals surface area contributed by atoms with Gasteiger partial charge in [0, 0.05) is 41.2 Å². The van der Waals surface area contributed by atoms with Crippen LogP contribution in [0.5, 0.6) is 0 Å². The minimum absolute atomic E-state index is 0.142. The highest BCUT2D eigenvalue weighted by Gasteiger charge is 2.25. The lowest BCUT2D eigenvalue weighted by atomic mass is 10.2. The van der Waals surface area contributed by atoms with E-state index in [1.54, 1.807) is 12.1 Å². The number of fused-ring (bicyclic) bond motifs is 3. The Bertz CT molecular complexity index is 1000. The van der Waals surface area contributed by atoms with Crippen molar-refractivity contribution in [1.29, 1.82) is 0 Å². The maximum atomic E-state index is 13.3. The fourth-order valence-corrected chi connectivity index (χ4v) is 6.52. The fraction of sp³-hybridized carbons (Fsp3) is 0. The first kappa shape index (κ1) is 14.8. The standard InChI is InChI=1S/C18H10FI2S/c19-11-5-7-12(8-6-11)22-15-4-2-1-3-13(15)17-16(22)10-9-14(20)18(17)21/h1-10H/q+1. The average Bonchev–Trinajstić information content (AvgIpc) is 2.87. The second kappa shape index (κ2) is 5.72. The molecule has 0 fully saturated rings. The minimum Gasteiger partial charge on any atom is -0.207 e. The van der Waals surface area contributed by atoms with E-state index >= 15 is 0 Å². The van der Waals surface area contributed by atoms with Gasteiger partial charge in [0.1, 0.15) is 5.82 Å². The third kappa shape index (κ3) is 2.27. The number of hydrogen-bond donors (Lipinski definition) is 0. The molecule has 1 atom stereocenters. The van der Waals surface area contributed by atoms with E-state index in [2.05, 4.69) is 81.6 Å². The summed E-state index contributed by atoms with van der Waals surface area (Å²) < 4.78 is 18.5. The Labute approximate surface area is 157 Å². The minimum atomic E-state index is -0.183. The number of rotatable bonds is 1. The van der Waals surface area contributed by atoms with Crippen molar-refractivity contribution in [3.05, 3.63) is 73.6 Å².